The third-order valence-corrected chi connectivity index (χ3v) is 5.45. The molecule has 1 amide bonds. The van der Waals surface area contributed by atoms with Gasteiger partial charge in [0, 0.05) is 6.54 Å². The molecule has 5 nitrogen and oxygen atoms in total. The number of hydrogen-bond donors (Lipinski definition) is 2. The van der Waals surface area contributed by atoms with Gasteiger partial charge in [-0.15, -0.1) is 0 Å². The highest BCUT2D eigenvalue weighted by Gasteiger charge is 2.23. The van der Waals surface area contributed by atoms with Crippen molar-refractivity contribution in [2.24, 2.45) is 0 Å². The lowest BCUT2D eigenvalue weighted by Gasteiger charge is -2.19. The quantitative estimate of drug-likeness (QED) is 0.320. The van der Waals surface area contributed by atoms with Crippen LogP contribution in [0.25, 0.3) is 0 Å². The van der Waals surface area contributed by atoms with E-state index in [0.717, 1.165) is 35.3 Å². The number of nitrogens with one attached hydrogen (secondary N) is 2. The third kappa shape index (κ3) is 7.05. The molecule has 0 spiro atoms. The minimum atomic E-state index is -0.452. The molecule has 0 fully saturated rings. The Morgan fingerprint density at radius 3 is 2.15 bits per heavy atom. The monoisotopic (exact) mass is 462 g/mol. The molecule has 0 saturated heterocycles. The molecule has 0 heterocycles. The lowest BCUT2D eigenvalue weighted by atomic mass is 9.90. The summed E-state index contributed by atoms with van der Waals surface area (Å²) in [5.74, 6) is 0.765. The lowest BCUT2D eigenvalue weighted by molar-refractivity contribution is -0.120. The maximum atomic E-state index is 13.2. The summed E-state index contributed by atoms with van der Waals surface area (Å²) in [6.45, 7) is 3.23. The van der Waals surface area contributed by atoms with Gasteiger partial charge in [-0.25, -0.2) is 0 Å². The van der Waals surface area contributed by atoms with Gasteiger partial charge in [-0.3, -0.25) is 4.79 Å². The molecule has 0 bridgehead atoms. The highest BCUT2D eigenvalue weighted by Crippen LogP contribution is 2.28. The van der Waals surface area contributed by atoms with Crippen molar-refractivity contribution in [3.63, 3.8) is 0 Å². The second-order valence-corrected chi connectivity index (χ2v) is 8.02. The Kier molecular flexibility index (Phi) is 9.27. The van der Waals surface area contributed by atoms with Crippen LogP contribution in [0.4, 0.5) is 0 Å². The van der Waals surface area contributed by atoms with Crippen molar-refractivity contribution in [1.82, 2.24) is 10.6 Å². The van der Waals surface area contributed by atoms with Crippen LogP contribution in [-0.2, 0) is 11.3 Å². The Labute approximate surface area is 201 Å². The molecule has 0 aliphatic heterocycles. The summed E-state index contributed by atoms with van der Waals surface area (Å²) in [6.07, 6.45) is 2.07. The zero-order chi connectivity index (χ0) is 23.5. The third-order valence-electron chi connectivity index (χ3n) is 5.20. The van der Waals surface area contributed by atoms with E-state index in [9.17, 15) is 4.79 Å². The van der Waals surface area contributed by atoms with Crippen molar-refractivity contribution in [2.75, 3.05) is 13.7 Å². The van der Waals surface area contributed by atoms with E-state index in [1.165, 1.54) is 0 Å². The Hall–Kier alpha value is -3.38. The predicted octanol–water partition coefficient (Wildman–Crippen LogP) is 5.20. The number of carbonyl (C=O) groups excluding carboxylic acids is 1. The van der Waals surface area contributed by atoms with Crippen LogP contribution in [0.2, 0.25) is 0 Å². The van der Waals surface area contributed by atoms with E-state index < -0.39 is 5.92 Å². The molecule has 3 aromatic rings. The second kappa shape index (κ2) is 12.6. The van der Waals surface area contributed by atoms with Crippen molar-refractivity contribution < 1.29 is 14.3 Å². The molecule has 0 aliphatic carbocycles. The SMILES string of the molecule is CCCCOc1ccc(CNC(=S)NC(=O)C(c2ccccc2)c2ccccc2)cc1OC. The first kappa shape index (κ1) is 24.3. The van der Waals surface area contributed by atoms with Crippen LogP contribution in [-0.4, -0.2) is 24.7 Å². The number of rotatable bonds is 10. The summed E-state index contributed by atoms with van der Waals surface area (Å²) in [7, 11) is 1.62. The Bertz CT molecular complexity index is 1000. The number of amides is 1. The average molecular weight is 463 g/mol. The first-order valence-electron chi connectivity index (χ1n) is 11.1. The lowest BCUT2D eigenvalue weighted by Crippen LogP contribution is -2.41. The molecular formula is C27H30N2O3S. The summed E-state index contributed by atoms with van der Waals surface area (Å²) in [5, 5.41) is 6.24. The van der Waals surface area contributed by atoms with Gasteiger partial charge in [0.25, 0.3) is 0 Å². The number of ether oxygens (including phenoxy) is 2. The van der Waals surface area contributed by atoms with E-state index in [1.54, 1.807) is 7.11 Å². The van der Waals surface area contributed by atoms with Gasteiger partial charge in [0.05, 0.1) is 19.6 Å². The highest BCUT2D eigenvalue weighted by atomic mass is 32.1. The van der Waals surface area contributed by atoms with Gasteiger partial charge in [0.2, 0.25) is 5.91 Å². The molecule has 0 aromatic heterocycles. The van der Waals surface area contributed by atoms with Crippen molar-refractivity contribution in [1.29, 1.82) is 0 Å². The molecule has 33 heavy (non-hydrogen) atoms. The fourth-order valence-electron chi connectivity index (χ4n) is 3.46. The zero-order valence-electron chi connectivity index (χ0n) is 19.0. The minimum Gasteiger partial charge on any atom is -0.493 e. The summed E-state index contributed by atoms with van der Waals surface area (Å²) in [5.41, 5.74) is 2.79. The molecule has 6 heteroatoms. The van der Waals surface area contributed by atoms with E-state index >= 15 is 0 Å². The fourth-order valence-corrected chi connectivity index (χ4v) is 3.64. The first-order chi connectivity index (χ1) is 16.1. The standard InChI is InChI=1S/C27H30N2O3S/c1-3-4-17-32-23-16-15-20(18-24(23)31-2)19-28-27(33)29-26(30)25(21-11-7-5-8-12-21)22-13-9-6-10-14-22/h5-16,18,25H,3-4,17,19H2,1-2H3,(H2,28,29,30,33). The second-order valence-electron chi connectivity index (χ2n) is 7.61. The van der Waals surface area contributed by atoms with E-state index in [1.807, 2.05) is 78.9 Å². The van der Waals surface area contributed by atoms with E-state index in [0.29, 0.717) is 18.9 Å². The highest BCUT2D eigenvalue weighted by molar-refractivity contribution is 7.80. The number of carbonyl (C=O) groups is 1. The van der Waals surface area contributed by atoms with E-state index in [4.69, 9.17) is 21.7 Å². The Balaban J connectivity index is 1.63. The van der Waals surface area contributed by atoms with Crippen molar-refractivity contribution in [3.05, 3.63) is 95.6 Å². The van der Waals surface area contributed by atoms with Crippen LogP contribution in [0.5, 0.6) is 11.5 Å². The molecule has 0 unspecified atom stereocenters. The number of hydrogen-bond acceptors (Lipinski definition) is 4. The molecule has 172 valence electrons. The van der Waals surface area contributed by atoms with E-state index in [2.05, 4.69) is 17.6 Å². The molecule has 0 saturated carbocycles. The molecule has 0 radical (unpaired) electrons. The fraction of sp³-hybridized carbons (Fsp3) is 0.259. The summed E-state index contributed by atoms with van der Waals surface area (Å²) < 4.78 is 11.2. The molecule has 3 aromatic carbocycles. The van der Waals surface area contributed by atoms with Gasteiger partial charge in [-0.1, -0.05) is 80.1 Å². The smallest absolute Gasteiger partial charge is 0.238 e. The van der Waals surface area contributed by atoms with Gasteiger partial charge in [-0.05, 0) is 47.5 Å². The van der Waals surface area contributed by atoms with Crippen molar-refractivity contribution >= 4 is 23.2 Å². The normalized spacial score (nSPS) is 10.5. The molecule has 3 rings (SSSR count). The van der Waals surface area contributed by atoms with Crippen molar-refractivity contribution in [3.8, 4) is 11.5 Å². The molecule has 2 N–H and O–H groups in total. The van der Waals surface area contributed by atoms with Crippen LogP contribution >= 0.6 is 12.2 Å². The average Bonchev–Trinajstić information content (AvgIpc) is 2.85. The van der Waals surface area contributed by atoms with Gasteiger partial charge in [-0.2, -0.15) is 0 Å². The minimum absolute atomic E-state index is 0.179. The maximum absolute atomic E-state index is 13.2. The molecule has 0 atom stereocenters. The predicted molar refractivity (Wildman–Crippen MR) is 136 cm³/mol. The molecule has 0 aliphatic rings. The number of benzene rings is 3. The number of methoxy groups -OCH3 is 1. The summed E-state index contributed by atoms with van der Waals surface area (Å²) in [6, 6.07) is 25.1. The summed E-state index contributed by atoms with van der Waals surface area (Å²) >= 11 is 5.41. The van der Waals surface area contributed by atoms with Crippen LogP contribution in [0.15, 0.2) is 78.9 Å². The number of thiocarbonyl (C=S) groups is 1. The van der Waals surface area contributed by atoms with Gasteiger partial charge in [0.15, 0.2) is 16.6 Å². The summed E-state index contributed by atoms with van der Waals surface area (Å²) in [4.78, 5) is 13.2. The zero-order valence-corrected chi connectivity index (χ0v) is 19.9. The maximum Gasteiger partial charge on any atom is 0.238 e. The number of unbranched alkanes of at least 4 members (excludes halogenated alkanes) is 1. The van der Waals surface area contributed by atoms with Crippen LogP contribution in [0, 0.1) is 0 Å². The van der Waals surface area contributed by atoms with Crippen LogP contribution < -0.4 is 20.1 Å². The van der Waals surface area contributed by atoms with E-state index in [-0.39, 0.29) is 11.0 Å². The van der Waals surface area contributed by atoms with Crippen molar-refractivity contribution in [2.45, 2.75) is 32.2 Å². The van der Waals surface area contributed by atoms with Gasteiger partial charge in [0.1, 0.15) is 0 Å². The Morgan fingerprint density at radius 2 is 1.58 bits per heavy atom. The largest absolute Gasteiger partial charge is 0.493 e. The van der Waals surface area contributed by atoms with Gasteiger partial charge < -0.3 is 20.1 Å². The molecular weight excluding hydrogens is 432 g/mol. The van der Waals surface area contributed by atoms with Crippen LogP contribution in [0.3, 0.4) is 0 Å². The van der Waals surface area contributed by atoms with Crippen LogP contribution in [0.1, 0.15) is 42.4 Å². The Morgan fingerprint density at radius 1 is 0.939 bits per heavy atom. The topological polar surface area (TPSA) is 59.6 Å². The van der Waals surface area contributed by atoms with Gasteiger partial charge >= 0.3 is 0 Å². The first-order valence-corrected chi connectivity index (χ1v) is 11.5.